The standard InChI is InChI=1S/C21H25N7O3S2/c1-5-17(20(29)24-19-15(11-22)12-23-27(19)4)32-21-26-25-18(28(21)6-2)13-33(30,31)16-9-7-14(3)8-10-16/h7-10,12,17H,5-6,13H2,1-4H3,(H,24,29). The maximum Gasteiger partial charge on any atom is 0.239 e. The van der Waals surface area contributed by atoms with Gasteiger partial charge in [-0.1, -0.05) is 36.4 Å². The number of sulfone groups is 1. The third-order valence-electron chi connectivity index (χ3n) is 5.02. The zero-order valence-electron chi connectivity index (χ0n) is 18.8. The number of aromatic nitrogens is 5. The molecule has 174 valence electrons. The number of thioether (sulfide) groups is 1. The molecule has 0 spiro atoms. The number of nitriles is 1. The third kappa shape index (κ3) is 5.43. The third-order valence-corrected chi connectivity index (χ3v) is 7.99. The Bertz CT molecular complexity index is 1290. The van der Waals surface area contributed by atoms with Gasteiger partial charge >= 0.3 is 0 Å². The first-order valence-corrected chi connectivity index (χ1v) is 12.8. The van der Waals surface area contributed by atoms with Gasteiger partial charge in [-0.25, -0.2) is 8.42 Å². The van der Waals surface area contributed by atoms with Crippen molar-refractivity contribution in [1.82, 2.24) is 24.5 Å². The number of aryl methyl sites for hydroxylation is 2. The first-order chi connectivity index (χ1) is 15.7. The largest absolute Gasteiger partial charge is 0.309 e. The molecule has 0 aliphatic carbocycles. The van der Waals surface area contributed by atoms with Crippen molar-refractivity contribution in [2.75, 3.05) is 5.32 Å². The van der Waals surface area contributed by atoms with Crippen LogP contribution in [-0.4, -0.2) is 44.1 Å². The maximum atomic E-state index is 12.9. The predicted octanol–water partition coefficient (Wildman–Crippen LogP) is 2.69. The number of carbonyl (C=O) groups excluding carboxylic acids is 1. The minimum atomic E-state index is -3.60. The molecule has 1 N–H and O–H groups in total. The Morgan fingerprint density at radius 2 is 1.94 bits per heavy atom. The van der Waals surface area contributed by atoms with Gasteiger partial charge in [-0.2, -0.15) is 10.4 Å². The van der Waals surface area contributed by atoms with Crippen LogP contribution in [0.25, 0.3) is 0 Å². The average Bonchev–Trinajstić information content (AvgIpc) is 3.33. The lowest BCUT2D eigenvalue weighted by Crippen LogP contribution is -2.26. The van der Waals surface area contributed by atoms with Crippen LogP contribution >= 0.6 is 11.8 Å². The van der Waals surface area contributed by atoms with E-state index < -0.39 is 15.1 Å². The van der Waals surface area contributed by atoms with Crippen molar-refractivity contribution in [3.8, 4) is 6.07 Å². The van der Waals surface area contributed by atoms with Crippen LogP contribution in [0.15, 0.2) is 40.5 Å². The van der Waals surface area contributed by atoms with Gasteiger partial charge in [0.15, 0.2) is 15.0 Å². The highest BCUT2D eigenvalue weighted by atomic mass is 32.2. The molecule has 2 aromatic heterocycles. The normalized spacial score (nSPS) is 12.3. The molecule has 3 aromatic rings. The number of anilines is 1. The second-order valence-corrected chi connectivity index (χ2v) is 10.5. The number of hydrogen-bond donors (Lipinski definition) is 1. The van der Waals surface area contributed by atoms with Crippen LogP contribution in [0.4, 0.5) is 5.82 Å². The van der Waals surface area contributed by atoms with E-state index in [4.69, 9.17) is 0 Å². The lowest BCUT2D eigenvalue weighted by molar-refractivity contribution is -0.115. The van der Waals surface area contributed by atoms with Crippen molar-refractivity contribution in [3.05, 3.63) is 47.4 Å². The highest BCUT2D eigenvalue weighted by molar-refractivity contribution is 8.00. The highest BCUT2D eigenvalue weighted by Crippen LogP contribution is 2.27. The van der Waals surface area contributed by atoms with E-state index in [1.165, 1.54) is 22.6 Å². The monoisotopic (exact) mass is 487 g/mol. The molecule has 0 bridgehead atoms. The lowest BCUT2D eigenvalue weighted by atomic mass is 10.2. The van der Waals surface area contributed by atoms with Gasteiger partial charge in [0.25, 0.3) is 0 Å². The molecule has 0 aliphatic rings. The summed E-state index contributed by atoms with van der Waals surface area (Å²) < 4.78 is 28.9. The summed E-state index contributed by atoms with van der Waals surface area (Å²) >= 11 is 1.20. The Hall–Kier alpha value is -3.17. The summed E-state index contributed by atoms with van der Waals surface area (Å²) in [5, 5.41) is 24.1. The summed E-state index contributed by atoms with van der Waals surface area (Å²) in [4.78, 5) is 13.1. The number of rotatable bonds is 9. The number of benzene rings is 1. The van der Waals surface area contributed by atoms with E-state index in [0.717, 1.165) is 5.56 Å². The topological polar surface area (TPSA) is 136 Å². The Balaban J connectivity index is 1.79. The number of hydrogen-bond acceptors (Lipinski definition) is 8. The van der Waals surface area contributed by atoms with Crippen molar-refractivity contribution in [2.24, 2.45) is 7.05 Å². The van der Waals surface area contributed by atoms with Gasteiger partial charge in [0, 0.05) is 13.6 Å². The smallest absolute Gasteiger partial charge is 0.239 e. The minimum Gasteiger partial charge on any atom is -0.309 e. The Kier molecular flexibility index (Phi) is 7.55. The van der Waals surface area contributed by atoms with Gasteiger partial charge in [0.05, 0.1) is 16.3 Å². The summed E-state index contributed by atoms with van der Waals surface area (Å²) in [6.45, 7) is 6.07. The van der Waals surface area contributed by atoms with Gasteiger partial charge in [0.1, 0.15) is 29.0 Å². The van der Waals surface area contributed by atoms with Gasteiger partial charge in [-0.05, 0) is 32.4 Å². The number of amides is 1. The number of nitrogens with zero attached hydrogens (tertiary/aromatic N) is 6. The molecule has 0 aliphatic heterocycles. The molecule has 1 aromatic carbocycles. The molecule has 1 amide bonds. The molecular formula is C21H25N7O3S2. The van der Waals surface area contributed by atoms with Gasteiger partial charge in [-0.3, -0.25) is 9.48 Å². The Morgan fingerprint density at radius 1 is 1.24 bits per heavy atom. The molecule has 1 atom stereocenters. The van der Waals surface area contributed by atoms with Crippen LogP contribution in [0.3, 0.4) is 0 Å². The second kappa shape index (κ2) is 10.2. The number of carbonyl (C=O) groups is 1. The molecule has 0 fully saturated rings. The molecule has 0 radical (unpaired) electrons. The Labute approximate surface area is 196 Å². The van der Waals surface area contributed by atoms with Crippen LogP contribution in [-0.2, 0) is 34.0 Å². The van der Waals surface area contributed by atoms with E-state index >= 15 is 0 Å². The van der Waals surface area contributed by atoms with Crippen molar-refractivity contribution in [1.29, 1.82) is 5.26 Å². The van der Waals surface area contributed by atoms with E-state index in [1.54, 1.807) is 35.9 Å². The zero-order valence-corrected chi connectivity index (χ0v) is 20.4. The van der Waals surface area contributed by atoms with Crippen molar-refractivity contribution < 1.29 is 13.2 Å². The van der Waals surface area contributed by atoms with Crippen molar-refractivity contribution >= 4 is 33.3 Å². The molecular weight excluding hydrogens is 462 g/mol. The maximum absolute atomic E-state index is 12.9. The summed E-state index contributed by atoms with van der Waals surface area (Å²) in [6, 6.07) is 8.67. The molecule has 10 nitrogen and oxygen atoms in total. The summed E-state index contributed by atoms with van der Waals surface area (Å²) in [5.41, 5.74) is 1.24. The summed E-state index contributed by atoms with van der Waals surface area (Å²) in [5.74, 6) is 0.0424. The zero-order chi connectivity index (χ0) is 24.2. The average molecular weight is 488 g/mol. The van der Waals surface area contributed by atoms with Crippen molar-refractivity contribution in [3.63, 3.8) is 0 Å². The van der Waals surface area contributed by atoms with Gasteiger partial charge in [-0.15, -0.1) is 10.2 Å². The molecule has 0 saturated carbocycles. The molecule has 3 rings (SSSR count). The fraction of sp³-hybridized carbons (Fsp3) is 0.381. The molecule has 0 saturated heterocycles. The van der Waals surface area contributed by atoms with Crippen LogP contribution in [0.2, 0.25) is 0 Å². The van der Waals surface area contributed by atoms with Crippen molar-refractivity contribution in [2.45, 2.75) is 54.8 Å². The van der Waals surface area contributed by atoms with Crippen LogP contribution in [0.1, 0.15) is 37.2 Å². The first-order valence-electron chi connectivity index (χ1n) is 10.3. The van der Waals surface area contributed by atoms with Crippen LogP contribution < -0.4 is 5.32 Å². The highest BCUT2D eigenvalue weighted by Gasteiger charge is 2.26. The van der Waals surface area contributed by atoms with Gasteiger partial charge < -0.3 is 9.88 Å². The molecule has 2 heterocycles. The SMILES string of the molecule is CCC(Sc1nnc(CS(=O)(=O)c2ccc(C)cc2)n1CC)C(=O)Nc1c(C#N)cnn1C. The fourth-order valence-electron chi connectivity index (χ4n) is 3.14. The van der Waals surface area contributed by atoms with E-state index in [-0.39, 0.29) is 22.1 Å². The lowest BCUT2D eigenvalue weighted by Gasteiger charge is -2.15. The quantitative estimate of drug-likeness (QED) is 0.455. The number of nitrogens with one attached hydrogen (secondary N) is 1. The van der Waals surface area contributed by atoms with E-state index in [0.29, 0.717) is 29.8 Å². The van der Waals surface area contributed by atoms with E-state index in [9.17, 15) is 18.5 Å². The molecule has 1 unspecified atom stereocenters. The second-order valence-electron chi connectivity index (χ2n) is 7.36. The van der Waals surface area contributed by atoms with Gasteiger partial charge in [0.2, 0.25) is 5.91 Å². The Morgan fingerprint density at radius 3 is 2.55 bits per heavy atom. The predicted molar refractivity (Wildman–Crippen MR) is 124 cm³/mol. The van der Waals surface area contributed by atoms with Crippen LogP contribution in [0.5, 0.6) is 0 Å². The van der Waals surface area contributed by atoms with E-state index in [1.807, 2.05) is 26.8 Å². The fourth-order valence-corrected chi connectivity index (χ4v) is 5.45. The molecule has 33 heavy (non-hydrogen) atoms. The first kappa shape index (κ1) is 24.5. The minimum absolute atomic E-state index is 0.225. The summed E-state index contributed by atoms with van der Waals surface area (Å²) in [6.07, 6.45) is 1.88. The van der Waals surface area contributed by atoms with E-state index in [2.05, 4.69) is 20.6 Å². The summed E-state index contributed by atoms with van der Waals surface area (Å²) in [7, 11) is -1.96. The molecule has 12 heteroatoms. The van der Waals surface area contributed by atoms with Crippen LogP contribution in [0, 0.1) is 18.3 Å².